The molecule has 1 aliphatic carbocycles. The molecule has 0 aliphatic heterocycles. The van der Waals surface area contributed by atoms with E-state index in [9.17, 15) is 9.59 Å². The maximum Gasteiger partial charge on any atom is 0.262 e. The number of pyridine rings is 1. The van der Waals surface area contributed by atoms with Gasteiger partial charge < -0.3 is 14.5 Å². The van der Waals surface area contributed by atoms with Gasteiger partial charge in [-0.2, -0.15) is 0 Å². The Hall–Kier alpha value is -3.84. The van der Waals surface area contributed by atoms with Crippen LogP contribution in [0.15, 0.2) is 82.3 Å². The van der Waals surface area contributed by atoms with Gasteiger partial charge in [-0.1, -0.05) is 31.0 Å². The highest BCUT2D eigenvalue weighted by atomic mass is 16.5. The Bertz CT molecular complexity index is 1370. The second-order valence-electron chi connectivity index (χ2n) is 9.21. The summed E-state index contributed by atoms with van der Waals surface area (Å²) in [5.41, 5.74) is 0.976. The van der Waals surface area contributed by atoms with Crippen LogP contribution in [0.25, 0.3) is 16.5 Å². The van der Waals surface area contributed by atoms with E-state index in [1.807, 2.05) is 42.5 Å². The van der Waals surface area contributed by atoms with Crippen LogP contribution in [-0.4, -0.2) is 41.6 Å². The van der Waals surface area contributed by atoms with E-state index in [0.29, 0.717) is 40.4 Å². The second kappa shape index (κ2) is 10.8. The van der Waals surface area contributed by atoms with E-state index in [-0.39, 0.29) is 11.5 Å². The summed E-state index contributed by atoms with van der Waals surface area (Å²) in [6.07, 6.45) is 8.17. The SMILES string of the molecule is COc1ccc(-n2cc(C(=O)NCCN(Cc3ccco3)C3CCCC3)c3ccccc3c2=O)cc1. The Kier molecular flexibility index (Phi) is 7.18. The van der Waals surface area contributed by atoms with Gasteiger partial charge in [0.2, 0.25) is 0 Å². The monoisotopic (exact) mass is 485 g/mol. The molecule has 7 nitrogen and oxygen atoms in total. The van der Waals surface area contributed by atoms with Crippen LogP contribution in [-0.2, 0) is 6.54 Å². The number of carbonyl (C=O) groups excluding carboxylic acids is 1. The number of methoxy groups -OCH3 is 1. The minimum absolute atomic E-state index is 0.168. The third-order valence-electron chi connectivity index (χ3n) is 6.98. The van der Waals surface area contributed by atoms with Gasteiger partial charge in [0, 0.05) is 41.8 Å². The average Bonchev–Trinajstić information content (AvgIpc) is 3.63. The number of ether oxygens (including phenoxy) is 1. The lowest BCUT2D eigenvalue weighted by Gasteiger charge is -2.28. The molecule has 1 N–H and O–H groups in total. The van der Waals surface area contributed by atoms with Gasteiger partial charge in [0.15, 0.2) is 0 Å². The predicted molar refractivity (Wildman–Crippen MR) is 140 cm³/mol. The van der Waals surface area contributed by atoms with Gasteiger partial charge >= 0.3 is 0 Å². The molecule has 2 heterocycles. The standard InChI is InChI=1S/C29H31N3O4/c1-35-23-14-12-22(13-15-23)32-20-27(25-10-4-5-11-26(25)29(32)34)28(33)30-16-17-31(21-7-2-3-8-21)19-24-9-6-18-36-24/h4-6,9-15,18,20-21H,2-3,7-8,16-17,19H2,1H3,(H,30,33). The average molecular weight is 486 g/mol. The van der Waals surface area contributed by atoms with Crippen molar-refractivity contribution in [2.75, 3.05) is 20.2 Å². The Morgan fingerprint density at radius 3 is 2.50 bits per heavy atom. The number of hydrogen-bond donors (Lipinski definition) is 1. The summed E-state index contributed by atoms with van der Waals surface area (Å²) in [5, 5.41) is 4.25. The second-order valence-corrected chi connectivity index (χ2v) is 9.21. The zero-order valence-electron chi connectivity index (χ0n) is 20.5. The molecule has 0 spiro atoms. The first-order chi connectivity index (χ1) is 17.6. The van der Waals surface area contributed by atoms with Crippen molar-refractivity contribution >= 4 is 16.7 Å². The van der Waals surface area contributed by atoms with E-state index in [1.54, 1.807) is 37.8 Å². The number of benzene rings is 2. The smallest absolute Gasteiger partial charge is 0.262 e. The molecule has 0 bridgehead atoms. The van der Waals surface area contributed by atoms with E-state index in [4.69, 9.17) is 9.15 Å². The molecule has 7 heteroatoms. The van der Waals surface area contributed by atoms with Crippen LogP contribution in [0, 0.1) is 0 Å². The van der Waals surface area contributed by atoms with E-state index < -0.39 is 0 Å². The summed E-state index contributed by atoms with van der Waals surface area (Å²) in [4.78, 5) is 29.0. The lowest BCUT2D eigenvalue weighted by Crippen LogP contribution is -2.39. The molecule has 0 saturated heterocycles. The van der Waals surface area contributed by atoms with Gasteiger partial charge in [0.25, 0.3) is 11.5 Å². The van der Waals surface area contributed by atoms with Crippen LogP contribution >= 0.6 is 0 Å². The zero-order valence-corrected chi connectivity index (χ0v) is 20.5. The molecule has 5 rings (SSSR count). The van der Waals surface area contributed by atoms with Crippen LogP contribution in [0.3, 0.4) is 0 Å². The number of nitrogens with one attached hydrogen (secondary N) is 1. The van der Waals surface area contributed by atoms with Crippen molar-refractivity contribution in [2.45, 2.75) is 38.3 Å². The first kappa shape index (κ1) is 23.9. The molecule has 186 valence electrons. The fourth-order valence-electron chi connectivity index (χ4n) is 5.08. The van der Waals surface area contributed by atoms with Crippen molar-refractivity contribution < 1.29 is 13.9 Å². The molecule has 2 aromatic heterocycles. The van der Waals surface area contributed by atoms with Crippen LogP contribution in [0.5, 0.6) is 5.75 Å². The topological polar surface area (TPSA) is 76.7 Å². The lowest BCUT2D eigenvalue weighted by molar-refractivity contribution is 0.0942. The Morgan fingerprint density at radius 1 is 1.06 bits per heavy atom. The fourth-order valence-corrected chi connectivity index (χ4v) is 5.08. The molecule has 1 fully saturated rings. The van der Waals surface area contributed by atoms with Gasteiger partial charge in [-0.25, -0.2) is 0 Å². The summed E-state index contributed by atoms with van der Waals surface area (Å²) in [6, 6.07) is 18.9. The predicted octanol–water partition coefficient (Wildman–Crippen LogP) is 4.77. The summed E-state index contributed by atoms with van der Waals surface area (Å²) < 4.78 is 12.3. The number of amides is 1. The number of fused-ring (bicyclic) bond motifs is 1. The van der Waals surface area contributed by atoms with E-state index in [0.717, 1.165) is 18.8 Å². The Labute approximate surface area is 210 Å². The number of furan rings is 1. The van der Waals surface area contributed by atoms with Crippen LogP contribution in [0.2, 0.25) is 0 Å². The quantitative estimate of drug-likeness (QED) is 0.370. The fraction of sp³-hybridized carbons (Fsp3) is 0.310. The van der Waals surface area contributed by atoms with Crippen molar-refractivity contribution in [3.05, 3.63) is 94.8 Å². The molecule has 0 atom stereocenters. The van der Waals surface area contributed by atoms with Gasteiger partial charge in [-0.3, -0.25) is 19.1 Å². The number of rotatable bonds is 9. The molecule has 0 radical (unpaired) electrons. The molecular formula is C29H31N3O4. The molecule has 1 amide bonds. The highest BCUT2D eigenvalue weighted by Gasteiger charge is 2.23. The molecule has 1 saturated carbocycles. The molecule has 1 aliphatic rings. The highest BCUT2D eigenvalue weighted by molar-refractivity contribution is 6.06. The highest BCUT2D eigenvalue weighted by Crippen LogP contribution is 2.25. The van der Waals surface area contributed by atoms with Gasteiger partial charge in [0.1, 0.15) is 11.5 Å². The van der Waals surface area contributed by atoms with Gasteiger partial charge in [0.05, 0.1) is 25.5 Å². The first-order valence-electron chi connectivity index (χ1n) is 12.5. The van der Waals surface area contributed by atoms with Gasteiger partial charge in [-0.15, -0.1) is 0 Å². The van der Waals surface area contributed by atoms with Crippen molar-refractivity contribution in [2.24, 2.45) is 0 Å². The number of carbonyl (C=O) groups is 1. The lowest BCUT2D eigenvalue weighted by atomic mass is 10.1. The summed E-state index contributed by atoms with van der Waals surface area (Å²) in [6.45, 7) is 1.97. The molecule has 2 aromatic carbocycles. The van der Waals surface area contributed by atoms with Crippen LogP contribution < -0.4 is 15.6 Å². The Morgan fingerprint density at radius 2 is 1.81 bits per heavy atom. The van der Waals surface area contributed by atoms with Gasteiger partial charge in [-0.05, 0) is 55.3 Å². The molecule has 36 heavy (non-hydrogen) atoms. The van der Waals surface area contributed by atoms with Crippen LogP contribution in [0.1, 0.15) is 41.8 Å². The first-order valence-corrected chi connectivity index (χ1v) is 12.5. The Balaban J connectivity index is 1.37. The van der Waals surface area contributed by atoms with E-state index >= 15 is 0 Å². The summed E-state index contributed by atoms with van der Waals surface area (Å²) in [7, 11) is 1.60. The van der Waals surface area contributed by atoms with Crippen molar-refractivity contribution in [1.82, 2.24) is 14.8 Å². The largest absolute Gasteiger partial charge is 0.497 e. The summed E-state index contributed by atoms with van der Waals surface area (Å²) in [5.74, 6) is 1.44. The van der Waals surface area contributed by atoms with Crippen molar-refractivity contribution in [1.29, 1.82) is 0 Å². The minimum Gasteiger partial charge on any atom is -0.497 e. The third-order valence-corrected chi connectivity index (χ3v) is 6.98. The van der Waals surface area contributed by atoms with E-state index in [2.05, 4.69) is 10.2 Å². The minimum atomic E-state index is -0.196. The molecular weight excluding hydrogens is 454 g/mol. The zero-order chi connectivity index (χ0) is 24.9. The maximum atomic E-state index is 13.4. The number of hydrogen-bond acceptors (Lipinski definition) is 5. The summed E-state index contributed by atoms with van der Waals surface area (Å²) >= 11 is 0. The normalized spacial score (nSPS) is 13.9. The van der Waals surface area contributed by atoms with Crippen molar-refractivity contribution in [3.8, 4) is 11.4 Å². The van der Waals surface area contributed by atoms with E-state index in [1.165, 1.54) is 30.3 Å². The maximum absolute atomic E-state index is 13.4. The molecule has 4 aromatic rings. The number of nitrogens with zero attached hydrogens (tertiary/aromatic N) is 2. The van der Waals surface area contributed by atoms with Crippen LogP contribution in [0.4, 0.5) is 0 Å². The van der Waals surface area contributed by atoms with Crippen molar-refractivity contribution in [3.63, 3.8) is 0 Å². The number of aromatic nitrogens is 1. The molecule has 0 unspecified atom stereocenters. The third kappa shape index (κ3) is 5.06.